The third-order valence-corrected chi connectivity index (χ3v) is 4.16. The second-order valence-corrected chi connectivity index (χ2v) is 5.08. The Kier molecular flexibility index (Phi) is 1.39. The zero-order valence-corrected chi connectivity index (χ0v) is 7.67. The maximum atomic E-state index is 9.92. The van der Waals surface area contributed by atoms with Crippen LogP contribution in [-0.2, 0) is 0 Å². The van der Waals surface area contributed by atoms with Crippen LogP contribution in [0.15, 0.2) is 0 Å². The Balaban J connectivity index is 2.25. The van der Waals surface area contributed by atoms with Crippen molar-refractivity contribution in [2.24, 2.45) is 23.2 Å². The average Bonchev–Trinajstić information content (AvgIpc) is 2.36. The Morgan fingerprint density at radius 1 is 1.27 bits per heavy atom. The molecule has 1 nitrogen and oxygen atoms in total. The van der Waals surface area contributed by atoms with Gasteiger partial charge in [0, 0.05) is 0 Å². The zero-order chi connectivity index (χ0) is 8.22. The summed E-state index contributed by atoms with van der Waals surface area (Å²) < 4.78 is 0. The first-order valence-corrected chi connectivity index (χ1v) is 4.71. The molecule has 2 saturated carbocycles. The van der Waals surface area contributed by atoms with Gasteiger partial charge in [0.2, 0.25) is 0 Å². The van der Waals surface area contributed by atoms with Gasteiger partial charge >= 0.3 is 0 Å². The minimum atomic E-state index is -0.0313. The van der Waals surface area contributed by atoms with E-state index in [0.29, 0.717) is 5.92 Å². The lowest BCUT2D eigenvalue weighted by atomic mass is 9.71. The van der Waals surface area contributed by atoms with Gasteiger partial charge in [-0.3, -0.25) is 0 Å². The van der Waals surface area contributed by atoms with Gasteiger partial charge in [0.1, 0.15) is 0 Å². The average molecular weight is 154 g/mol. The highest BCUT2D eigenvalue weighted by molar-refractivity contribution is 5.04. The minimum absolute atomic E-state index is 0.0313. The molecular weight excluding hydrogens is 136 g/mol. The maximum Gasteiger partial charge on any atom is 0.0624 e. The first kappa shape index (κ1) is 7.60. The monoisotopic (exact) mass is 154 g/mol. The van der Waals surface area contributed by atoms with Crippen LogP contribution in [0.25, 0.3) is 0 Å². The molecule has 2 rings (SSSR count). The fraction of sp³-hybridized carbons (Fsp3) is 1.00. The Hall–Kier alpha value is -0.0400. The standard InChI is InChI=1S/C10H18O/c1-6-4-7-5-8(6)9(11)10(7,2)3/h6-9,11H,4-5H2,1-3H3. The summed E-state index contributed by atoms with van der Waals surface area (Å²) in [4.78, 5) is 0. The molecule has 0 radical (unpaired) electrons. The van der Waals surface area contributed by atoms with Crippen LogP contribution < -0.4 is 0 Å². The van der Waals surface area contributed by atoms with E-state index >= 15 is 0 Å². The van der Waals surface area contributed by atoms with Crippen LogP contribution >= 0.6 is 0 Å². The number of hydrogen-bond acceptors (Lipinski definition) is 1. The number of hydrogen-bond donors (Lipinski definition) is 1. The minimum Gasteiger partial charge on any atom is -0.392 e. The summed E-state index contributed by atoms with van der Waals surface area (Å²) in [6.07, 6.45) is 2.58. The van der Waals surface area contributed by atoms with Crippen LogP contribution in [0.2, 0.25) is 0 Å². The molecule has 0 saturated heterocycles. The molecule has 0 aromatic rings. The predicted molar refractivity (Wildman–Crippen MR) is 45.2 cm³/mol. The molecule has 11 heavy (non-hydrogen) atoms. The fourth-order valence-corrected chi connectivity index (χ4v) is 3.12. The number of aliphatic hydroxyl groups is 1. The number of rotatable bonds is 0. The highest BCUT2D eigenvalue weighted by Crippen LogP contribution is 2.57. The van der Waals surface area contributed by atoms with E-state index in [-0.39, 0.29) is 11.5 Å². The second kappa shape index (κ2) is 2.01. The van der Waals surface area contributed by atoms with Gasteiger partial charge in [-0.15, -0.1) is 0 Å². The first-order chi connectivity index (χ1) is 5.03. The van der Waals surface area contributed by atoms with Crippen molar-refractivity contribution in [1.29, 1.82) is 0 Å². The van der Waals surface area contributed by atoms with E-state index in [0.717, 1.165) is 11.8 Å². The van der Waals surface area contributed by atoms with Gasteiger partial charge in [-0.2, -0.15) is 0 Å². The van der Waals surface area contributed by atoms with Crippen LogP contribution in [0.1, 0.15) is 33.6 Å². The van der Waals surface area contributed by atoms with Crippen LogP contribution in [0.5, 0.6) is 0 Å². The molecule has 64 valence electrons. The zero-order valence-electron chi connectivity index (χ0n) is 7.67. The molecular formula is C10H18O. The molecule has 0 aromatic carbocycles. The van der Waals surface area contributed by atoms with Crippen molar-refractivity contribution in [3.8, 4) is 0 Å². The summed E-state index contributed by atoms with van der Waals surface area (Å²) in [7, 11) is 0. The van der Waals surface area contributed by atoms with Crippen molar-refractivity contribution in [3.63, 3.8) is 0 Å². The van der Waals surface area contributed by atoms with Crippen molar-refractivity contribution >= 4 is 0 Å². The number of aliphatic hydroxyl groups excluding tert-OH is 1. The topological polar surface area (TPSA) is 20.2 Å². The highest BCUT2D eigenvalue weighted by Gasteiger charge is 2.54. The number of fused-ring (bicyclic) bond motifs is 2. The smallest absolute Gasteiger partial charge is 0.0624 e. The van der Waals surface area contributed by atoms with E-state index in [4.69, 9.17) is 0 Å². The lowest BCUT2D eigenvalue weighted by Crippen LogP contribution is -2.38. The molecule has 0 aliphatic heterocycles. The molecule has 0 amide bonds. The molecule has 2 bridgehead atoms. The molecule has 0 aromatic heterocycles. The Morgan fingerprint density at radius 2 is 1.91 bits per heavy atom. The normalized spacial score (nSPS) is 53.5. The van der Waals surface area contributed by atoms with E-state index in [1.807, 2.05) is 0 Å². The third kappa shape index (κ3) is 0.807. The summed E-state index contributed by atoms with van der Waals surface area (Å²) in [5.74, 6) is 2.16. The molecule has 2 aliphatic rings. The fourth-order valence-electron chi connectivity index (χ4n) is 3.12. The van der Waals surface area contributed by atoms with Crippen LogP contribution in [-0.4, -0.2) is 11.2 Å². The Bertz CT molecular complexity index is 170. The molecule has 4 atom stereocenters. The lowest BCUT2D eigenvalue weighted by molar-refractivity contribution is -0.0150. The molecule has 1 heteroatoms. The van der Waals surface area contributed by atoms with Gasteiger partial charge in [0.15, 0.2) is 0 Å². The van der Waals surface area contributed by atoms with Crippen molar-refractivity contribution in [2.45, 2.75) is 39.7 Å². The highest BCUT2D eigenvalue weighted by atomic mass is 16.3. The molecule has 0 heterocycles. The van der Waals surface area contributed by atoms with Gasteiger partial charge in [0.25, 0.3) is 0 Å². The van der Waals surface area contributed by atoms with Crippen molar-refractivity contribution in [1.82, 2.24) is 0 Å². The lowest BCUT2D eigenvalue weighted by Gasteiger charge is -2.37. The van der Waals surface area contributed by atoms with Gasteiger partial charge < -0.3 is 5.11 Å². The van der Waals surface area contributed by atoms with E-state index in [9.17, 15) is 5.11 Å². The Morgan fingerprint density at radius 3 is 2.27 bits per heavy atom. The van der Waals surface area contributed by atoms with Crippen LogP contribution in [0.4, 0.5) is 0 Å². The molecule has 1 N–H and O–H groups in total. The summed E-state index contributed by atoms with van der Waals surface area (Å²) in [6.45, 7) is 6.71. The van der Waals surface area contributed by atoms with Crippen LogP contribution in [0.3, 0.4) is 0 Å². The maximum absolute atomic E-state index is 9.92. The van der Waals surface area contributed by atoms with Gasteiger partial charge in [-0.25, -0.2) is 0 Å². The molecule has 2 fully saturated rings. The van der Waals surface area contributed by atoms with Crippen LogP contribution in [0, 0.1) is 23.2 Å². The van der Waals surface area contributed by atoms with E-state index < -0.39 is 0 Å². The molecule has 4 unspecified atom stereocenters. The van der Waals surface area contributed by atoms with Crippen molar-refractivity contribution in [3.05, 3.63) is 0 Å². The van der Waals surface area contributed by atoms with Gasteiger partial charge in [0.05, 0.1) is 6.10 Å². The van der Waals surface area contributed by atoms with E-state index in [2.05, 4.69) is 20.8 Å². The molecule has 0 spiro atoms. The van der Waals surface area contributed by atoms with Gasteiger partial charge in [-0.1, -0.05) is 20.8 Å². The molecule has 2 aliphatic carbocycles. The predicted octanol–water partition coefficient (Wildman–Crippen LogP) is 2.05. The Labute approximate surface area is 68.8 Å². The summed E-state index contributed by atoms with van der Waals surface area (Å²) in [6, 6.07) is 0. The van der Waals surface area contributed by atoms with E-state index in [1.54, 1.807) is 0 Å². The quantitative estimate of drug-likeness (QED) is 0.566. The largest absolute Gasteiger partial charge is 0.392 e. The summed E-state index contributed by atoms with van der Waals surface area (Å²) in [5.41, 5.74) is 0.206. The van der Waals surface area contributed by atoms with Crippen molar-refractivity contribution in [2.75, 3.05) is 0 Å². The summed E-state index contributed by atoms with van der Waals surface area (Å²) >= 11 is 0. The van der Waals surface area contributed by atoms with Gasteiger partial charge in [-0.05, 0) is 36.0 Å². The van der Waals surface area contributed by atoms with E-state index in [1.165, 1.54) is 12.8 Å². The second-order valence-electron chi connectivity index (χ2n) is 5.08. The summed E-state index contributed by atoms with van der Waals surface area (Å²) in [5, 5.41) is 9.92. The third-order valence-electron chi connectivity index (χ3n) is 4.16. The van der Waals surface area contributed by atoms with Crippen molar-refractivity contribution < 1.29 is 5.11 Å². The SMILES string of the molecule is CC1CC2CC1C(O)C2(C)C. The first-order valence-electron chi connectivity index (χ1n) is 4.71.